The Balaban J connectivity index is 4.93. The normalized spacial score (nSPS) is 15.0. The number of carbonyl (C=O) groups is 3. The molecular formula is C16H30N2O4. The van der Waals surface area contributed by atoms with E-state index >= 15 is 0 Å². The van der Waals surface area contributed by atoms with Crippen molar-refractivity contribution in [1.29, 1.82) is 0 Å². The maximum atomic E-state index is 12.4. The SMILES string of the molecule is CCCC(=O)NC(C(=O)NC(CC(C)C)C(=O)O)C(C)CC. The van der Waals surface area contributed by atoms with Gasteiger partial charge in [0.05, 0.1) is 0 Å². The highest BCUT2D eigenvalue weighted by Crippen LogP contribution is 2.11. The summed E-state index contributed by atoms with van der Waals surface area (Å²) in [5, 5.41) is 14.5. The Kier molecular flexibility index (Phi) is 9.45. The molecule has 0 aliphatic heterocycles. The van der Waals surface area contributed by atoms with Crippen LogP contribution in [0.3, 0.4) is 0 Å². The van der Waals surface area contributed by atoms with Crippen LogP contribution in [0.5, 0.6) is 0 Å². The van der Waals surface area contributed by atoms with E-state index in [2.05, 4.69) is 10.6 Å². The summed E-state index contributed by atoms with van der Waals surface area (Å²) >= 11 is 0. The van der Waals surface area contributed by atoms with E-state index in [1.165, 1.54) is 0 Å². The number of amides is 2. The molecule has 22 heavy (non-hydrogen) atoms. The van der Waals surface area contributed by atoms with Crippen LogP contribution in [0.2, 0.25) is 0 Å². The van der Waals surface area contributed by atoms with Crippen molar-refractivity contribution in [3.63, 3.8) is 0 Å². The highest BCUT2D eigenvalue weighted by Gasteiger charge is 2.29. The largest absolute Gasteiger partial charge is 0.480 e. The van der Waals surface area contributed by atoms with Crippen molar-refractivity contribution in [2.45, 2.75) is 72.4 Å². The number of carboxylic acids is 1. The van der Waals surface area contributed by atoms with E-state index in [-0.39, 0.29) is 17.7 Å². The van der Waals surface area contributed by atoms with Gasteiger partial charge >= 0.3 is 5.97 Å². The van der Waals surface area contributed by atoms with Crippen molar-refractivity contribution in [2.24, 2.45) is 11.8 Å². The van der Waals surface area contributed by atoms with Crippen LogP contribution in [0.15, 0.2) is 0 Å². The lowest BCUT2D eigenvalue weighted by Gasteiger charge is -2.26. The molecular weight excluding hydrogens is 284 g/mol. The summed E-state index contributed by atoms with van der Waals surface area (Å²) in [7, 11) is 0. The predicted octanol–water partition coefficient (Wildman–Crippen LogP) is 1.93. The second kappa shape index (κ2) is 10.2. The average Bonchev–Trinajstić information content (AvgIpc) is 2.42. The number of carboxylic acid groups (broad SMARTS) is 1. The van der Waals surface area contributed by atoms with Gasteiger partial charge in [0, 0.05) is 6.42 Å². The Bertz CT molecular complexity index is 382. The summed E-state index contributed by atoms with van der Waals surface area (Å²) in [6.45, 7) is 9.49. The maximum Gasteiger partial charge on any atom is 0.326 e. The van der Waals surface area contributed by atoms with E-state index in [1.807, 2.05) is 34.6 Å². The van der Waals surface area contributed by atoms with Crippen molar-refractivity contribution in [2.75, 3.05) is 0 Å². The van der Waals surface area contributed by atoms with E-state index in [4.69, 9.17) is 0 Å². The monoisotopic (exact) mass is 314 g/mol. The molecule has 0 heterocycles. The summed E-state index contributed by atoms with van der Waals surface area (Å²) in [6, 6.07) is -1.62. The molecule has 6 heteroatoms. The molecule has 6 nitrogen and oxygen atoms in total. The molecule has 0 aromatic carbocycles. The number of aliphatic carboxylic acids is 1. The fourth-order valence-electron chi connectivity index (χ4n) is 2.13. The van der Waals surface area contributed by atoms with Crippen LogP contribution in [0.1, 0.15) is 60.3 Å². The zero-order chi connectivity index (χ0) is 17.3. The van der Waals surface area contributed by atoms with Gasteiger partial charge in [0.2, 0.25) is 11.8 Å². The Morgan fingerprint density at radius 2 is 1.64 bits per heavy atom. The first kappa shape index (κ1) is 20.4. The van der Waals surface area contributed by atoms with Crippen LogP contribution in [-0.4, -0.2) is 35.0 Å². The Hall–Kier alpha value is -1.59. The topological polar surface area (TPSA) is 95.5 Å². The van der Waals surface area contributed by atoms with Crippen molar-refractivity contribution in [3.8, 4) is 0 Å². The minimum Gasteiger partial charge on any atom is -0.480 e. The average molecular weight is 314 g/mol. The standard InChI is InChI=1S/C16H30N2O4/c1-6-8-13(19)18-14(11(5)7-2)15(20)17-12(16(21)22)9-10(3)4/h10-12,14H,6-9H2,1-5H3,(H,17,20)(H,18,19)(H,21,22). The summed E-state index contributed by atoms with van der Waals surface area (Å²) in [4.78, 5) is 35.4. The highest BCUT2D eigenvalue weighted by atomic mass is 16.4. The van der Waals surface area contributed by atoms with Crippen molar-refractivity contribution < 1.29 is 19.5 Å². The van der Waals surface area contributed by atoms with Crippen LogP contribution in [0.25, 0.3) is 0 Å². The summed E-state index contributed by atoms with van der Waals surface area (Å²) in [6.07, 6.45) is 2.13. The second-order valence-corrected chi connectivity index (χ2v) is 6.21. The highest BCUT2D eigenvalue weighted by molar-refractivity contribution is 5.90. The fourth-order valence-corrected chi connectivity index (χ4v) is 2.13. The van der Waals surface area contributed by atoms with Gasteiger partial charge in [0.15, 0.2) is 0 Å². The molecule has 0 fully saturated rings. The molecule has 3 unspecified atom stereocenters. The first-order chi connectivity index (χ1) is 10.2. The van der Waals surface area contributed by atoms with Crippen molar-refractivity contribution in [3.05, 3.63) is 0 Å². The molecule has 0 saturated heterocycles. The molecule has 2 amide bonds. The van der Waals surface area contributed by atoms with Crippen molar-refractivity contribution in [1.82, 2.24) is 10.6 Å². The van der Waals surface area contributed by atoms with Crippen LogP contribution in [0, 0.1) is 11.8 Å². The Morgan fingerprint density at radius 1 is 1.05 bits per heavy atom. The first-order valence-electron chi connectivity index (χ1n) is 8.05. The second-order valence-electron chi connectivity index (χ2n) is 6.21. The van der Waals surface area contributed by atoms with E-state index < -0.39 is 24.0 Å². The molecule has 128 valence electrons. The molecule has 0 aromatic rings. The molecule has 0 rings (SSSR count). The van der Waals surface area contributed by atoms with Crippen LogP contribution < -0.4 is 10.6 Å². The van der Waals surface area contributed by atoms with Gasteiger partial charge in [-0.25, -0.2) is 4.79 Å². The molecule has 0 spiro atoms. The van der Waals surface area contributed by atoms with Gasteiger partial charge in [0.25, 0.3) is 0 Å². The number of carbonyl (C=O) groups excluding carboxylic acids is 2. The van der Waals surface area contributed by atoms with Gasteiger partial charge in [-0.05, 0) is 24.7 Å². The predicted molar refractivity (Wildman–Crippen MR) is 85.3 cm³/mol. The third kappa shape index (κ3) is 7.43. The molecule has 3 atom stereocenters. The third-order valence-corrected chi connectivity index (χ3v) is 3.61. The smallest absolute Gasteiger partial charge is 0.326 e. The number of hydrogen-bond donors (Lipinski definition) is 3. The molecule has 0 saturated carbocycles. The lowest BCUT2D eigenvalue weighted by molar-refractivity contribution is -0.143. The Labute approximate surface area is 133 Å². The van der Waals surface area contributed by atoms with Gasteiger partial charge in [-0.2, -0.15) is 0 Å². The fraction of sp³-hybridized carbons (Fsp3) is 0.812. The summed E-state index contributed by atoms with van der Waals surface area (Å²) < 4.78 is 0. The zero-order valence-corrected chi connectivity index (χ0v) is 14.3. The van der Waals surface area contributed by atoms with Crippen LogP contribution >= 0.6 is 0 Å². The maximum absolute atomic E-state index is 12.4. The third-order valence-electron chi connectivity index (χ3n) is 3.61. The molecule has 0 aromatic heterocycles. The van der Waals surface area contributed by atoms with E-state index in [0.717, 1.165) is 0 Å². The Morgan fingerprint density at radius 3 is 2.05 bits per heavy atom. The molecule has 0 radical (unpaired) electrons. The molecule has 3 N–H and O–H groups in total. The van der Waals surface area contributed by atoms with Crippen molar-refractivity contribution >= 4 is 17.8 Å². The van der Waals surface area contributed by atoms with E-state index in [1.54, 1.807) is 0 Å². The minimum atomic E-state index is -1.05. The molecule has 0 bridgehead atoms. The first-order valence-corrected chi connectivity index (χ1v) is 8.05. The summed E-state index contributed by atoms with van der Waals surface area (Å²) in [5.41, 5.74) is 0. The molecule has 0 aliphatic rings. The number of nitrogens with one attached hydrogen (secondary N) is 2. The van der Waals surface area contributed by atoms with Gasteiger partial charge < -0.3 is 15.7 Å². The van der Waals surface area contributed by atoms with Gasteiger partial charge in [-0.15, -0.1) is 0 Å². The summed E-state index contributed by atoms with van der Waals surface area (Å²) in [5.74, 6) is -1.57. The van der Waals surface area contributed by atoms with Crippen LogP contribution in [0.4, 0.5) is 0 Å². The van der Waals surface area contributed by atoms with Gasteiger partial charge in [-0.1, -0.05) is 41.0 Å². The minimum absolute atomic E-state index is 0.0608. The van der Waals surface area contributed by atoms with Gasteiger partial charge in [-0.3, -0.25) is 9.59 Å². The lowest BCUT2D eigenvalue weighted by atomic mass is 9.96. The van der Waals surface area contributed by atoms with Crippen LogP contribution in [-0.2, 0) is 14.4 Å². The number of hydrogen-bond acceptors (Lipinski definition) is 3. The lowest BCUT2D eigenvalue weighted by Crippen LogP contribution is -2.54. The zero-order valence-electron chi connectivity index (χ0n) is 14.3. The quantitative estimate of drug-likeness (QED) is 0.574. The van der Waals surface area contributed by atoms with E-state index in [9.17, 15) is 19.5 Å². The van der Waals surface area contributed by atoms with Gasteiger partial charge in [0.1, 0.15) is 12.1 Å². The molecule has 0 aliphatic carbocycles. The van der Waals surface area contributed by atoms with E-state index in [0.29, 0.717) is 25.7 Å². The number of rotatable bonds is 10.